The monoisotopic (exact) mass is 276 g/mol. The highest BCUT2D eigenvalue weighted by Crippen LogP contribution is 2.26. The van der Waals surface area contributed by atoms with Gasteiger partial charge in [-0.05, 0) is 33.1 Å². The Balaban J connectivity index is 1.87. The van der Waals surface area contributed by atoms with E-state index < -0.39 is 0 Å². The Labute approximate surface area is 115 Å². The number of anilines is 1. The van der Waals surface area contributed by atoms with Gasteiger partial charge in [0.25, 0.3) is 5.91 Å². The van der Waals surface area contributed by atoms with Crippen molar-refractivity contribution in [3.8, 4) is 0 Å². The summed E-state index contributed by atoms with van der Waals surface area (Å²) >= 11 is 1.50. The average Bonchev–Trinajstić information content (AvgIpc) is 2.99. The Morgan fingerprint density at radius 3 is 2.84 bits per heavy atom. The highest BCUT2D eigenvalue weighted by molar-refractivity contribution is 7.15. The molecule has 1 aliphatic carbocycles. The van der Waals surface area contributed by atoms with Crippen LogP contribution >= 0.6 is 11.3 Å². The van der Waals surface area contributed by atoms with Gasteiger partial charge < -0.3 is 0 Å². The number of fused-ring (bicyclic) bond motifs is 1. The molecule has 3 rings (SSSR count). The predicted molar refractivity (Wildman–Crippen MR) is 74.8 cm³/mol. The van der Waals surface area contributed by atoms with Gasteiger partial charge in [0.2, 0.25) is 0 Å². The topological polar surface area (TPSA) is 59.8 Å². The summed E-state index contributed by atoms with van der Waals surface area (Å²) in [6.07, 6.45) is 3.07. The third kappa shape index (κ3) is 2.06. The van der Waals surface area contributed by atoms with Crippen molar-refractivity contribution in [3.05, 3.63) is 27.5 Å². The number of thiazole rings is 1. The maximum atomic E-state index is 12.3. The van der Waals surface area contributed by atoms with E-state index in [2.05, 4.69) is 15.4 Å². The van der Waals surface area contributed by atoms with E-state index in [-0.39, 0.29) is 5.91 Å². The van der Waals surface area contributed by atoms with Gasteiger partial charge in [-0.3, -0.25) is 14.8 Å². The van der Waals surface area contributed by atoms with E-state index in [1.165, 1.54) is 17.0 Å². The minimum absolute atomic E-state index is 0.146. The van der Waals surface area contributed by atoms with Gasteiger partial charge in [-0.2, -0.15) is 5.10 Å². The predicted octanol–water partition coefficient (Wildman–Crippen LogP) is 2.23. The number of carbonyl (C=O) groups excluding carboxylic acids is 1. The van der Waals surface area contributed by atoms with E-state index in [1.807, 2.05) is 25.6 Å². The number of amides is 1. The molecule has 2 aromatic rings. The van der Waals surface area contributed by atoms with Crippen LogP contribution in [0.15, 0.2) is 0 Å². The van der Waals surface area contributed by atoms with Crippen LogP contribution in [0, 0.1) is 13.8 Å². The molecule has 0 saturated heterocycles. The Kier molecular flexibility index (Phi) is 2.89. The fraction of sp³-hybridized carbons (Fsp3) is 0.462. The van der Waals surface area contributed by atoms with E-state index in [4.69, 9.17) is 0 Å². The molecule has 19 heavy (non-hydrogen) atoms. The molecule has 0 aliphatic heterocycles. The molecule has 100 valence electrons. The Bertz CT molecular complexity index is 636. The molecule has 2 aromatic heterocycles. The molecule has 2 heterocycles. The third-order valence-electron chi connectivity index (χ3n) is 3.58. The van der Waals surface area contributed by atoms with Crippen molar-refractivity contribution in [2.24, 2.45) is 7.05 Å². The summed E-state index contributed by atoms with van der Waals surface area (Å²) in [7, 11) is 1.90. The second-order valence-corrected chi connectivity index (χ2v) is 6.07. The van der Waals surface area contributed by atoms with E-state index in [1.54, 1.807) is 0 Å². The Morgan fingerprint density at radius 1 is 1.37 bits per heavy atom. The van der Waals surface area contributed by atoms with Crippen LogP contribution in [0.5, 0.6) is 0 Å². The first-order valence-electron chi connectivity index (χ1n) is 6.36. The first-order chi connectivity index (χ1) is 9.06. The minimum atomic E-state index is -0.146. The largest absolute Gasteiger partial charge is 0.296 e. The number of nitrogens with zero attached hydrogens (tertiary/aromatic N) is 3. The fourth-order valence-corrected chi connectivity index (χ4v) is 3.29. The van der Waals surface area contributed by atoms with Crippen molar-refractivity contribution in [1.82, 2.24) is 14.8 Å². The van der Waals surface area contributed by atoms with Crippen LogP contribution in [-0.2, 0) is 19.9 Å². The van der Waals surface area contributed by atoms with E-state index >= 15 is 0 Å². The molecule has 0 fully saturated rings. The van der Waals surface area contributed by atoms with E-state index in [0.29, 0.717) is 10.8 Å². The number of hydrogen-bond acceptors (Lipinski definition) is 4. The molecule has 0 radical (unpaired) electrons. The lowest BCUT2D eigenvalue weighted by Gasteiger charge is -1.99. The number of aromatic nitrogens is 3. The smallest absolute Gasteiger partial charge is 0.278 e. The first kappa shape index (κ1) is 12.3. The fourth-order valence-electron chi connectivity index (χ4n) is 2.48. The zero-order valence-corrected chi connectivity index (χ0v) is 12.1. The molecule has 0 bridgehead atoms. The second-order valence-electron chi connectivity index (χ2n) is 4.87. The van der Waals surface area contributed by atoms with Gasteiger partial charge >= 0.3 is 0 Å². The van der Waals surface area contributed by atoms with Gasteiger partial charge in [-0.15, -0.1) is 11.3 Å². The SMILES string of the molecule is Cc1nc(NC(=O)c2nn(C)c3c2CCC3)sc1C. The molecular formula is C13H16N4OS. The molecule has 1 amide bonds. The lowest BCUT2D eigenvalue weighted by atomic mass is 10.2. The van der Waals surface area contributed by atoms with Crippen LogP contribution < -0.4 is 5.32 Å². The molecule has 0 atom stereocenters. The summed E-state index contributed by atoms with van der Waals surface area (Å²) in [6, 6.07) is 0. The molecule has 0 saturated carbocycles. The quantitative estimate of drug-likeness (QED) is 0.915. The van der Waals surface area contributed by atoms with Crippen LogP contribution in [0.2, 0.25) is 0 Å². The van der Waals surface area contributed by atoms with Crippen LogP contribution in [0.4, 0.5) is 5.13 Å². The summed E-state index contributed by atoms with van der Waals surface area (Å²) in [5, 5.41) is 7.84. The normalized spacial score (nSPS) is 13.6. The van der Waals surface area contributed by atoms with Gasteiger partial charge in [-0.1, -0.05) is 0 Å². The summed E-state index contributed by atoms with van der Waals surface area (Å²) in [5.41, 5.74) is 3.81. The highest BCUT2D eigenvalue weighted by Gasteiger charge is 2.25. The minimum Gasteiger partial charge on any atom is -0.296 e. The molecule has 1 aliphatic rings. The van der Waals surface area contributed by atoms with Crippen LogP contribution in [-0.4, -0.2) is 20.7 Å². The number of hydrogen-bond donors (Lipinski definition) is 1. The van der Waals surface area contributed by atoms with Crippen molar-refractivity contribution in [2.75, 3.05) is 5.32 Å². The lowest BCUT2D eigenvalue weighted by Crippen LogP contribution is -2.14. The van der Waals surface area contributed by atoms with Crippen molar-refractivity contribution < 1.29 is 4.79 Å². The van der Waals surface area contributed by atoms with E-state index in [9.17, 15) is 4.79 Å². The van der Waals surface area contributed by atoms with Gasteiger partial charge in [0.15, 0.2) is 10.8 Å². The van der Waals surface area contributed by atoms with Crippen LogP contribution in [0.3, 0.4) is 0 Å². The Hall–Kier alpha value is -1.69. The van der Waals surface area contributed by atoms with Crippen molar-refractivity contribution in [3.63, 3.8) is 0 Å². The standard InChI is InChI=1S/C13H16N4OS/c1-7-8(2)19-13(14-7)15-12(18)11-9-5-4-6-10(9)17(3)16-11/h4-6H2,1-3H3,(H,14,15,18). The zero-order chi connectivity index (χ0) is 13.6. The summed E-state index contributed by atoms with van der Waals surface area (Å²) in [5.74, 6) is -0.146. The van der Waals surface area contributed by atoms with Gasteiger partial charge in [0.1, 0.15) is 0 Å². The zero-order valence-electron chi connectivity index (χ0n) is 11.3. The number of nitrogens with one attached hydrogen (secondary N) is 1. The van der Waals surface area contributed by atoms with E-state index in [0.717, 1.165) is 35.4 Å². The maximum absolute atomic E-state index is 12.3. The molecule has 1 N–H and O–H groups in total. The van der Waals surface area contributed by atoms with Crippen molar-refractivity contribution >= 4 is 22.4 Å². The van der Waals surface area contributed by atoms with Crippen LogP contribution in [0.25, 0.3) is 0 Å². The summed E-state index contributed by atoms with van der Waals surface area (Å²) in [4.78, 5) is 17.7. The molecule has 0 spiro atoms. The molecule has 6 heteroatoms. The van der Waals surface area contributed by atoms with Gasteiger partial charge in [-0.25, -0.2) is 4.98 Å². The molecule has 0 unspecified atom stereocenters. The summed E-state index contributed by atoms with van der Waals surface area (Å²) < 4.78 is 1.83. The van der Waals surface area contributed by atoms with Crippen molar-refractivity contribution in [2.45, 2.75) is 33.1 Å². The summed E-state index contributed by atoms with van der Waals surface area (Å²) in [6.45, 7) is 3.95. The van der Waals surface area contributed by atoms with Crippen molar-refractivity contribution in [1.29, 1.82) is 0 Å². The number of aryl methyl sites for hydroxylation is 3. The van der Waals surface area contributed by atoms with Crippen LogP contribution in [0.1, 0.15) is 38.7 Å². The second kappa shape index (κ2) is 4.45. The lowest BCUT2D eigenvalue weighted by molar-refractivity contribution is 0.102. The molecule has 0 aromatic carbocycles. The van der Waals surface area contributed by atoms with Gasteiger partial charge in [0.05, 0.1) is 5.69 Å². The number of carbonyl (C=O) groups is 1. The maximum Gasteiger partial charge on any atom is 0.278 e. The number of rotatable bonds is 2. The average molecular weight is 276 g/mol. The van der Waals surface area contributed by atoms with Gasteiger partial charge in [0, 0.05) is 23.2 Å². The molecular weight excluding hydrogens is 260 g/mol. The Morgan fingerprint density at radius 2 is 2.16 bits per heavy atom. The highest BCUT2D eigenvalue weighted by atomic mass is 32.1. The first-order valence-corrected chi connectivity index (χ1v) is 7.18. The third-order valence-corrected chi connectivity index (χ3v) is 4.57. The molecule has 5 nitrogen and oxygen atoms in total.